The van der Waals surface area contributed by atoms with Crippen molar-refractivity contribution in [3.8, 4) is 0 Å². The lowest BCUT2D eigenvalue weighted by Gasteiger charge is -2.39. The van der Waals surface area contributed by atoms with Gasteiger partial charge in [0.25, 0.3) is 0 Å². The highest BCUT2D eigenvalue weighted by molar-refractivity contribution is 5.93. The van der Waals surface area contributed by atoms with E-state index in [-0.39, 0.29) is 0 Å². The second-order valence-electron chi connectivity index (χ2n) is 8.64. The first-order chi connectivity index (χ1) is 12.7. The summed E-state index contributed by atoms with van der Waals surface area (Å²) >= 11 is 0. The highest BCUT2D eigenvalue weighted by atomic mass is 15.2. The number of nitrogens with zero attached hydrogens (tertiary/aromatic N) is 3. The fourth-order valence-corrected chi connectivity index (χ4v) is 5.50. The van der Waals surface area contributed by atoms with Gasteiger partial charge in [0.05, 0.1) is 5.52 Å². The molecule has 2 aliphatic rings. The Morgan fingerprint density at radius 1 is 1.04 bits per heavy atom. The molecule has 1 saturated heterocycles. The van der Waals surface area contributed by atoms with Gasteiger partial charge in [-0.1, -0.05) is 39.0 Å². The van der Waals surface area contributed by atoms with E-state index in [4.69, 9.17) is 4.98 Å². The first-order valence-corrected chi connectivity index (χ1v) is 10.9. The van der Waals surface area contributed by atoms with Crippen LogP contribution in [0, 0.1) is 25.7 Å². The summed E-state index contributed by atoms with van der Waals surface area (Å²) in [7, 11) is 0. The van der Waals surface area contributed by atoms with Crippen LogP contribution < -0.4 is 4.90 Å². The van der Waals surface area contributed by atoms with Gasteiger partial charge in [-0.2, -0.15) is 0 Å². The molecule has 0 bridgehead atoms. The van der Waals surface area contributed by atoms with Crippen molar-refractivity contribution in [1.82, 2.24) is 9.55 Å². The summed E-state index contributed by atoms with van der Waals surface area (Å²) in [4.78, 5) is 7.53. The molecule has 142 valence electrons. The molecule has 0 N–H and O–H groups in total. The van der Waals surface area contributed by atoms with E-state index in [1.807, 2.05) is 6.20 Å². The maximum Gasteiger partial charge on any atom is 0.153 e. The van der Waals surface area contributed by atoms with E-state index in [0.717, 1.165) is 18.4 Å². The van der Waals surface area contributed by atoms with Crippen molar-refractivity contribution < 1.29 is 0 Å². The Kier molecular flexibility index (Phi) is 5.24. The Hall–Kier alpha value is -1.51. The zero-order chi connectivity index (χ0) is 18.1. The number of fused-ring (bicyclic) bond motifs is 1. The Morgan fingerprint density at radius 3 is 2.58 bits per heavy atom. The number of pyridine rings is 1. The van der Waals surface area contributed by atoms with Gasteiger partial charge < -0.3 is 9.47 Å². The van der Waals surface area contributed by atoms with Gasteiger partial charge in [0.2, 0.25) is 0 Å². The average Bonchev–Trinajstić information content (AvgIpc) is 2.94. The third kappa shape index (κ3) is 3.14. The molecule has 3 heterocycles. The van der Waals surface area contributed by atoms with Crippen LogP contribution in [0.5, 0.6) is 0 Å². The van der Waals surface area contributed by atoms with Crippen LogP contribution in [-0.4, -0.2) is 22.6 Å². The predicted molar refractivity (Wildman–Crippen MR) is 111 cm³/mol. The van der Waals surface area contributed by atoms with Gasteiger partial charge in [-0.05, 0) is 56.6 Å². The fourth-order valence-electron chi connectivity index (χ4n) is 5.50. The minimum Gasteiger partial charge on any atom is -0.355 e. The number of hydrogen-bond donors (Lipinski definition) is 0. The summed E-state index contributed by atoms with van der Waals surface area (Å²) in [5.41, 5.74) is 4.23. The van der Waals surface area contributed by atoms with Crippen LogP contribution in [0.2, 0.25) is 0 Å². The van der Waals surface area contributed by atoms with Gasteiger partial charge in [0, 0.05) is 36.9 Å². The molecule has 0 spiro atoms. The summed E-state index contributed by atoms with van der Waals surface area (Å²) in [5.74, 6) is 3.07. The third-order valence-electron chi connectivity index (χ3n) is 7.05. The van der Waals surface area contributed by atoms with Crippen LogP contribution in [0.3, 0.4) is 0 Å². The molecule has 3 heteroatoms. The predicted octanol–water partition coefficient (Wildman–Crippen LogP) is 5.86. The Morgan fingerprint density at radius 2 is 1.81 bits per heavy atom. The smallest absolute Gasteiger partial charge is 0.153 e. The molecule has 1 aliphatic heterocycles. The van der Waals surface area contributed by atoms with Crippen molar-refractivity contribution in [3.05, 3.63) is 23.5 Å². The zero-order valence-electron chi connectivity index (χ0n) is 16.9. The van der Waals surface area contributed by atoms with Crippen LogP contribution in [0.4, 0.5) is 5.82 Å². The summed E-state index contributed by atoms with van der Waals surface area (Å²) in [5, 5.41) is 1.40. The van der Waals surface area contributed by atoms with E-state index < -0.39 is 0 Å². The molecule has 1 saturated carbocycles. The molecule has 0 aromatic carbocycles. The molecule has 2 aromatic heterocycles. The summed E-state index contributed by atoms with van der Waals surface area (Å²) in [6.45, 7) is 10.3. The lowest BCUT2D eigenvalue weighted by Crippen LogP contribution is -2.39. The third-order valence-corrected chi connectivity index (χ3v) is 7.05. The standard InChI is InChI=1S/C23H35N3/c1-4-14-26-18(3)17(2)21-12-13-24-23(22(21)26)25-15-8-11-20(16-25)19-9-6-5-7-10-19/h12-13,19-20H,4-11,14-16H2,1-3H3. The lowest BCUT2D eigenvalue weighted by atomic mass is 9.76. The quantitative estimate of drug-likeness (QED) is 0.686. The number of hydrogen-bond acceptors (Lipinski definition) is 2. The molecule has 2 aromatic rings. The fraction of sp³-hybridized carbons (Fsp3) is 0.696. The van der Waals surface area contributed by atoms with Crippen molar-refractivity contribution in [3.63, 3.8) is 0 Å². The average molecular weight is 354 g/mol. The number of rotatable bonds is 4. The monoisotopic (exact) mass is 353 g/mol. The van der Waals surface area contributed by atoms with Gasteiger partial charge in [-0.3, -0.25) is 0 Å². The number of anilines is 1. The number of piperidine rings is 1. The van der Waals surface area contributed by atoms with Gasteiger partial charge in [-0.15, -0.1) is 0 Å². The van der Waals surface area contributed by atoms with E-state index >= 15 is 0 Å². The molecule has 26 heavy (non-hydrogen) atoms. The maximum absolute atomic E-state index is 4.91. The maximum atomic E-state index is 4.91. The highest BCUT2D eigenvalue weighted by Crippen LogP contribution is 2.38. The number of aryl methyl sites for hydroxylation is 2. The minimum atomic E-state index is 0.873. The summed E-state index contributed by atoms with van der Waals surface area (Å²) < 4.78 is 2.53. The second-order valence-corrected chi connectivity index (χ2v) is 8.64. The highest BCUT2D eigenvalue weighted by Gasteiger charge is 2.30. The van der Waals surface area contributed by atoms with Gasteiger partial charge in [0.1, 0.15) is 0 Å². The Bertz CT molecular complexity index is 754. The van der Waals surface area contributed by atoms with E-state index in [9.17, 15) is 0 Å². The molecular formula is C23H35N3. The molecule has 3 nitrogen and oxygen atoms in total. The lowest BCUT2D eigenvalue weighted by molar-refractivity contribution is 0.220. The van der Waals surface area contributed by atoms with Crippen molar-refractivity contribution in [2.75, 3.05) is 18.0 Å². The van der Waals surface area contributed by atoms with Crippen LogP contribution in [0.1, 0.15) is 69.5 Å². The van der Waals surface area contributed by atoms with E-state index in [0.29, 0.717) is 0 Å². The van der Waals surface area contributed by atoms with Crippen LogP contribution >= 0.6 is 0 Å². The molecule has 2 fully saturated rings. The van der Waals surface area contributed by atoms with Crippen molar-refractivity contribution in [1.29, 1.82) is 0 Å². The van der Waals surface area contributed by atoms with Gasteiger partial charge in [0.15, 0.2) is 5.82 Å². The topological polar surface area (TPSA) is 21.1 Å². The summed E-state index contributed by atoms with van der Waals surface area (Å²) in [6.07, 6.45) is 13.2. The normalized spacial score (nSPS) is 22.3. The van der Waals surface area contributed by atoms with E-state index in [1.165, 1.54) is 92.4 Å². The molecule has 1 aliphatic carbocycles. The summed E-state index contributed by atoms with van der Waals surface area (Å²) in [6, 6.07) is 2.22. The van der Waals surface area contributed by atoms with Crippen LogP contribution in [0.25, 0.3) is 10.9 Å². The number of aromatic nitrogens is 2. The first-order valence-electron chi connectivity index (χ1n) is 10.9. The van der Waals surface area contributed by atoms with E-state index in [2.05, 4.69) is 36.3 Å². The van der Waals surface area contributed by atoms with Crippen molar-refractivity contribution in [2.45, 2.75) is 78.7 Å². The van der Waals surface area contributed by atoms with Gasteiger partial charge >= 0.3 is 0 Å². The van der Waals surface area contributed by atoms with Crippen LogP contribution in [-0.2, 0) is 6.54 Å². The van der Waals surface area contributed by atoms with E-state index in [1.54, 1.807) is 0 Å². The molecular weight excluding hydrogens is 318 g/mol. The Labute approximate surface area is 158 Å². The molecule has 0 amide bonds. The molecule has 4 rings (SSSR count). The molecule has 1 atom stereocenters. The zero-order valence-corrected chi connectivity index (χ0v) is 16.9. The van der Waals surface area contributed by atoms with Gasteiger partial charge in [-0.25, -0.2) is 4.98 Å². The van der Waals surface area contributed by atoms with Crippen molar-refractivity contribution in [2.24, 2.45) is 11.8 Å². The first kappa shape index (κ1) is 17.9. The van der Waals surface area contributed by atoms with Crippen molar-refractivity contribution >= 4 is 16.7 Å². The Balaban J connectivity index is 1.68. The second kappa shape index (κ2) is 7.62. The van der Waals surface area contributed by atoms with Crippen LogP contribution in [0.15, 0.2) is 12.3 Å². The largest absolute Gasteiger partial charge is 0.355 e. The molecule has 0 radical (unpaired) electrons. The SMILES string of the molecule is CCCn1c(C)c(C)c2ccnc(N3CCCC(C4CCCCC4)C3)c21. The molecule has 1 unspecified atom stereocenters. The minimum absolute atomic E-state index is 0.873.